The van der Waals surface area contributed by atoms with Gasteiger partial charge in [-0.2, -0.15) is 0 Å². The number of sulfonamides is 1. The van der Waals surface area contributed by atoms with E-state index < -0.39 is 10.0 Å². The normalized spacial score (nSPS) is 11.8. The average molecular weight is 468 g/mol. The molecule has 1 amide bonds. The highest BCUT2D eigenvalue weighted by molar-refractivity contribution is 7.89. The summed E-state index contributed by atoms with van der Waals surface area (Å²) >= 11 is 0. The van der Waals surface area contributed by atoms with Crippen LogP contribution in [0.15, 0.2) is 63.9 Å². The van der Waals surface area contributed by atoms with Crippen LogP contribution in [-0.4, -0.2) is 46.4 Å². The topological polar surface area (TPSA) is 101 Å². The molecule has 0 spiro atoms. The minimum atomic E-state index is -3.61. The van der Waals surface area contributed by atoms with Crippen LogP contribution in [-0.2, 0) is 14.8 Å². The number of ether oxygens (including phenoxy) is 1. The average Bonchev–Trinajstić information content (AvgIpc) is 3.15. The number of nitrogens with zero attached hydrogens (tertiary/aromatic N) is 1. The number of nitrogens with one attached hydrogen (secondary N) is 2. The van der Waals surface area contributed by atoms with E-state index in [9.17, 15) is 13.2 Å². The molecule has 0 saturated carbocycles. The van der Waals surface area contributed by atoms with E-state index in [1.165, 1.54) is 26.2 Å². The number of methoxy groups -OCH3 is 1. The van der Waals surface area contributed by atoms with Crippen LogP contribution in [0.25, 0.3) is 21.9 Å². The smallest absolute Gasteiger partial charge is 0.243 e. The van der Waals surface area contributed by atoms with Gasteiger partial charge in [-0.3, -0.25) is 4.79 Å². The van der Waals surface area contributed by atoms with Gasteiger partial charge in [-0.15, -0.1) is 0 Å². The molecule has 4 aromatic rings. The van der Waals surface area contributed by atoms with Crippen molar-refractivity contribution in [2.45, 2.75) is 11.8 Å². The molecule has 0 radical (unpaired) electrons. The monoisotopic (exact) mass is 467 g/mol. The number of amides is 1. The lowest BCUT2D eigenvalue weighted by molar-refractivity contribution is -0.114. The van der Waals surface area contributed by atoms with Gasteiger partial charge in [0.2, 0.25) is 15.9 Å². The molecule has 0 aliphatic carbocycles. The number of hydrogen-bond donors (Lipinski definition) is 2. The zero-order valence-electron chi connectivity index (χ0n) is 18.8. The Morgan fingerprint density at radius 2 is 1.76 bits per heavy atom. The largest absolute Gasteiger partial charge is 0.495 e. The molecule has 0 fully saturated rings. The van der Waals surface area contributed by atoms with Gasteiger partial charge >= 0.3 is 0 Å². The Morgan fingerprint density at radius 3 is 2.48 bits per heavy atom. The Balaban J connectivity index is 1.54. The molecule has 0 unspecified atom stereocenters. The summed E-state index contributed by atoms with van der Waals surface area (Å²) in [7, 11) is 0.879. The quantitative estimate of drug-likeness (QED) is 0.422. The third-order valence-corrected chi connectivity index (χ3v) is 7.21. The third kappa shape index (κ3) is 4.37. The number of carbonyl (C=O) groups is 1. The molecule has 2 N–H and O–H groups in total. The van der Waals surface area contributed by atoms with Crippen molar-refractivity contribution in [1.29, 1.82) is 0 Å². The molecule has 0 saturated heterocycles. The molecule has 9 heteroatoms. The van der Waals surface area contributed by atoms with Crippen LogP contribution in [0.2, 0.25) is 0 Å². The predicted molar refractivity (Wildman–Crippen MR) is 129 cm³/mol. The minimum Gasteiger partial charge on any atom is -0.495 e. The number of furan rings is 1. The molecule has 4 rings (SSSR count). The molecule has 0 aliphatic heterocycles. The first-order valence-corrected chi connectivity index (χ1v) is 11.7. The highest BCUT2D eigenvalue weighted by Gasteiger charge is 2.19. The molecule has 1 heterocycles. The van der Waals surface area contributed by atoms with E-state index >= 15 is 0 Å². The number of rotatable bonds is 7. The number of hydrogen-bond acceptors (Lipinski definition) is 6. The van der Waals surface area contributed by atoms with E-state index in [2.05, 4.69) is 10.6 Å². The number of carbonyl (C=O) groups excluding carboxylic acids is 1. The van der Waals surface area contributed by atoms with Gasteiger partial charge in [-0.25, -0.2) is 12.7 Å². The van der Waals surface area contributed by atoms with Crippen LogP contribution in [0.1, 0.15) is 5.56 Å². The Morgan fingerprint density at radius 1 is 1.00 bits per heavy atom. The summed E-state index contributed by atoms with van der Waals surface area (Å²) in [4.78, 5) is 12.7. The Labute approximate surface area is 192 Å². The van der Waals surface area contributed by atoms with E-state index in [1.807, 2.05) is 30.3 Å². The zero-order chi connectivity index (χ0) is 23.8. The maximum absolute atomic E-state index is 12.6. The molecular weight excluding hydrogens is 442 g/mol. The maximum atomic E-state index is 12.6. The van der Waals surface area contributed by atoms with Gasteiger partial charge in [0.1, 0.15) is 16.9 Å². The number of aryl methyl sites for hydroxylation is 1. The molecule has 0 atom stereocenters. The van der Waals surface area contributed by atoms with E-state index in [0.717, 1.165) is 26.2 Å². The van der Waals surface area contributed by atoms with Crippen LogP contribution in [0.4, 0.5) is 11.4 Å². The summed E-state index contributed by atoms with van der Waals surface area (Å²) in [5, 5.41) is 7.77. The lowest BCUT2D eigenvalue weighted by Crippen LogP contribution is -2.24. The first-order valence-electron chi connectivity index (χ1n) is 10.3. The van der Waals surface area contributed by atoms with Crippen molar-refractivity contribution in [3.8, 4) is 5.75 Å². The number of anilines is 2. The molecule has 172 valence electrons. The minimum absolute atomic E-state index is 0.0494. The molecule has 33 heavy (non-hydrogen) atoms. The Kier molecular flexibility index (Phi) is 6.01. The fourth-order valence-electron chi connectivity index (χ4n) is 3.54. The highest BCUT2D eigenvalue weighted by atomic mass is 32.2. The number of para-hydroxylation sites is 1. The first kappa shape index (κ1) is 22.6. The van der Waals surface area contributed by atoms with E-state index in [4.69, 9.17) is 9.15 Å². The first-order chi connectivity index (χ1) is 15.7. The highest BCUT2D eigenvalue weighted by Crippen LogP contribution is 2.36. The van der Waals surface area contributed by atoms with Crippen molar-refractivity contribution in [2.24, 2.45) is 0 Å². The van der Waals surface area contributed by atoms with Gasteiger partial charge < -0.3 is 19.8 Å². The van der Waals surface area contributed by atoms with Gasteiger partial charge in [0, 0.05) is 36.6 Å². The second kappa shape index (κ2) is 8.76. The molecule has 1 aromatic heterocycles. The standard InChI is InChI=1S/C24H25N3O5S/c1-15-9-10-16(33(29,30)27(2)3)11-19(15)26-24(28)14-25-20-13-22-18(12-23(20)31-4)17-7-5-6-8-21(17)32-22/h5-13,25H,14H2,1-4H3,(H,26,28). The molecule has 3 aromatic carbocycles. The van der Waals surface area contributed by atoms with Crippen LogP contribution in [0.5, 0.6) is 5.75 Å². The molecule has 0 bridgehead atoms. The van der Waals surface area contributed by atoms with Crippen LogP contribution in [0, 0.1) is 6.92 Å². The predicted octanol–water partition coefficient (Wildman–Crippen LogP) is 4.20. The Hall–Kier alpha value is -3.56. The fourth-order valence-corrected chi connectivity index (χ4v) is 4.46. The summed E-state index contributed by atoms with van der Waals surface area (Å²) in [6.45, 7) is 1.75. The zero-order valence-corrected chi connectivity index (χ0v) is 19.6. The molecule has 0 aliphatic rings. The van der Waals surface area contributed by atoms with Gasteiger partial charge in [0.15, 0.2) is 0 Å². The second-order valence-electron chi connectivity index (χ2n) is 7.81. The maximum Gasteiger partial charge on any atom is 0.243 e. The second-order valence-corrected chi connectivity index (χ2v) is 9.96. The van der Waals surface area contributed by atoms with E-state index in [0.29, 0.717) is 22.7 Å². The molecule has 8 nitrogen and oxygen atoms in total. The summed E-state index contributed by atoms with van der Waals surface area (Å²) in [6.07, 6.45) is 0. The lowest BCUT2D eigenvalue weighted by Gasteiger charge is -2.15. The van der Waals surface area contributed by atoms with Gasteiger partial charge in [-0.1, -0.05) is 24.3 Å². The van der Waals surface area contributed by atoms with Gasteiger partial charge in [0.05, 0.1) is 24.2 Å². The lowest BCUT2D eigenvalue weighted by atomic mass is 10.1. The van der Waals surface area contributed by atoms with Crippen molar-refractivity contribution >= 4 is 49.2 Å². The number of fused-ring (bicyclic) bond motifs is 3. The fraction of sp³-hybridized carbons (Fsp3) is 0.208. The van der Waals surface area contributed by atoms with Crippen molar-refractivity contribution < 1.29 is 22.4 Å². The number of benzene rings is 3. The van der Waals surface area contributed by atoms with Gasteiger partial charge in [-0.05, 0) is 36.8 Å². The summed E-state index contributed by atoms with van der Waals surface area (Å²) < 4.78 is 37.4. The van der Waals surface area contributed by atoms with E-state index in [1.54, 1.807) is 26.2 Å². The summed E-state index contributed by atoms with van der Waals surface area (Å²) in [5.41, 5.74) is 3.25. The third-order valence-electron chi connectivity index (χ3n) is 5.40. The van der Waals surface area contributed by atoms with Crippen molar-refractivity contribution in [3.05, 3.63) is 60.2 Å². The van der Waals surface area contributed by atoms with Crippen molar-refractivity contribution in [1.82, 2.24) is 4.31 Å². The van der Waals surface area contributed by atoms with E-state index in [-0.39, 0.29) is 17.3 Å². The van der Waals surface area contributed by atoms with Crippen LogP contribution in [0.3, 0.4) is 0 Å². The van der Waals surface area contributed by atoms with Crippen molar-refractivity contribution in [2.75, 3.05) is 38.4 Å². The van der Waals surface area contributed by atoms with Crippen LogP contribution < -0.4 is 15.4 Å². The van der Waals surface area contributed by atoms with Gasteiger partial charge in [0.25, 0.3) is 0 Å². The van der Waals surface area contributed by atoms with Crippen molar-refractivity contribution in [3.63, 3.8) is 0 Å². The summed E-state index contributed by atoms with van der Waals surface area (Å²) in [6, 6.07) is 16.1. The Bertz CT molecular complexity index is 1460. The summed E-state index contributed by atoms with van der Waals surface area (Å²) in [5.74, 6) is 0.251. The SMILES string of the molecule is COc1cc2c(cc1NCC(=O)Nc1cc(S(=O)(=O)N(C)C)ccc1C)oc1ccccc12. The van der Waals surface area contributed by atoms with Crippen LogP contribution >= 0.6 is 0 Å². The molecular formula is C24H25N3O5S.